The number of pyridine rings is 1. The van der Waals surface area contributed by atoms with Crippen molar-refractivity contribution in [1.82, 2.24) is 24.6 Å². The minimum atomic E-state index is -4.82. The Morgan fingerprint density at radius 3 is 2.53 bits per heavy atom. The molecule has 4 heterocycles. The Bertz CT molecular complexity index is 1980. The van der Waals surface area contributed by atoms with Gasteiger partial charge in [-0.1, -0.05) is 6.92 Å². The maximum atomic E-state index is 14.0. The van der Waals surface area contributed by atoms with Gasteiger partial charge in [0.25, 0.3) is 11.5 Å². The number of thiocarbonyl (C=S) groups is 1. The van der Waals surface area contributed by atoms with E-state index in [-0.39, 0.29) is 34.7 Å². The summed E-state index contributed by atoms with van der Waals surface area (Å²) in [6.45, 7) is 5.79. The molecule has 11 nitrogen and oxygen atoms in total. The van der Waals surface area contributed by atoms with Crippen molar-refractivity contribution in [2.24, 2.45) is 0 Å². The van der Waals surface area contributed by atoms with Crippen LogP contribution in [0, 0.1) is 18.3 Å². The van der Waals surface area contributed by atoms with E-state index >= 15 is 0 Å². The van der Waals surface area contributed by atoms with Crippen molar-refractivity contribution in [2.45, 2.75) is 64.6 Å². The fourth-order valence-electron chi connectivity index (χ4n) is 5.90. The third-order valence-corrected chi connectivity index (χ3v) is 8.46. The average molecular weight is 637 g/mol. The molecule has 45 heavy (non-hydrogen) atoms. The maximum absolute atomic E-state index is 14.0. The summed E-state index contributed by atoms with van der Waals surface area (Å²) in [7, 11) is 0. The van der Waals surface area contributed by atoms with E-state index in [2.05, 4.69) is 15.1 Å². The Kier molecular flexibility index (Phi) is 7.35. The predicted octanol–water partition coefficient (Wildman–Crippen LogP) is 5.09. The summed E-state index contributed by atoms with van der Waals surface area (Å²) >= 11 is 5.75. The second kappa shape index (κ2) is 11.0. The first-order valence-corrected chi connectivity index (χ1v) is 14.8. The number of anilines is 2. The molecule has 0 radical (unpaired) electrons. The van der Waals surface area contributed by atoms with E-state index in [4.69, 9.17) is 21.9 Å². The van der Waals surface area contributed by atoms with Crippen LogP contribution in [0.2, 0.25) is 0 Å². The van der Waals surface area contributed by atoms with Crippen molar-refractivity contribution in [3.8, 4) is 23.3 Å². The third kappa shape index (κ3) is 4.71. The van der Waals surface area contributed by atoms with Gasteiger partial charge in [-0.3, -0.25) is 19.4 Å². The topological polar surface area (TPSA) is 133 Å². The number of rotatable bonds is 7. The Balaban J connectivity index is 1.49. The lowest BCUT2D eigenvalue weighted by atomic mass is 9.75. The molecule has 2 aliphatic rings. The van der Waals surface area contributed by atoms with Crippen molar-refractivity contribution in [3.63, 3.8) is 0 Å². The van der Waals surface area contributed by atoms with Crippen LogP contribution in [0.25, 0.3) is 17.0 Å². The van der Waals surface area contributed by atoms with Crippen LogP contribution >= 0.6 is 12.2 Å². The molecule has 0 unspecified atom stereocenters. The van der Waals surface area contributed by atoms with E-state index in [1.54, 1.807) is 36.9 Å². The van der Waals surface area contributed by atoms with E-state index < -0.39 is 34.3 Å². The zero-order chi connectivity index (χ0) is 32.3. The highest BCUT2D eigenvalue weighted by Crippen LogP contribution is 2.48. The number of carbonyl (C=O) groups is 1. The van der Waals surface area contributed by atoms with Gasteiger partial charge in [-0.15, -0.1) is 5.10 Å². The normalized spacial score (nSPS) is 16.0. The zero-order valence-electron chi connectivity index (χ0n) is 24.5. The molecule has 15 heteroatoms. The molecule has 0 atom stereocenters. The monoisotopic (exact) mass is 636 g/mol. The first-order chi connectivity index (χ1) is 21.4. The largest absolute Gasteiger partial charge is 0.491 e. The van der Waals surface area contributed by atoms with Gasteiger partial charge in [0.15, 0.2) is 22.1 Å². The number of halogens is 3. The number of aryl methyl sites for hydroxylation is 2. The number of H-pyrrole nitrogens is 1. The lowest BCUT2D eigenvalue weighted by molar-refractivity contribution is -0.137. The summed E-state index contributed by atoms with van der Waals surface area (Å²) in [5.41, 5.74) is -2.39. The summed E-state index contributed by atoms with van der Waals surface area (Å²) in [6.07, 6.45) is -1.97. The van der Waals surface area contributed by atoms with E-state index in [9.17, 15) is 28.0 Å². The van der Waals surface area contributed by atoms with Crippen LogP contribution in [0.3, 0.4) is 0 Å². The number of aromatic nitrogens is 5. The number of hydrogen-bond donors (Lipinski definition) is 1. The highest BCUT2D eigenvalue weighted by Gasteiger charge is 2.60. The predicted molar refractivity (Wildman–Crippen MR) is 162 cm³/mol. The molecule has 1 aliphatic carbocycles. The number of nitrogens with one attached hydrogen (secondary N) is 1. The lowest BCUT2D eigenvalue weighted by Crippen LogP contribution is -2.55. The summed E-state index contributed by atoms with van der Waals surface area (Å²) in [5.74, 6) is 0.778. The first-order valence-electron chi connectivity index (χ1n) is 14.4. The fraction of sp³-hybridized carbons (Fsp3) is 0.367. The SMILES string of the molecule is CCCc1nc(C)c2c(=O)[nH]c(-c3nc(N4C(=S)N(c5ccc(C#N)c(C(F)(F)F)c5)C(=O)C45CCC5)ccc3OCC)nn12. The Morgan fingerprint density at radius 1 is 1.16 bits per heavy atom. The molecule has 232 valence electrons. The number of amides is 1. The number of carbonyl (C=O) groups excluding carboxylic acids is 1. The third-order valence-electron chi connectivity index (χ3n) is 8.09. The summed E-state index contributed by atoms with van der Waals surface area (Å²) in [5, 5.41) is 13.9. The average Bonchev–Trinajstić information content (AvgIpc) is 3.42. The Hall–Kier alpha value is -4.84. The highest BCUT2D eigenvalue weighted by atomic mass is 32.1. The van der Waals surface area contributed by atoms with Gasteiger partial charge in [0.2, 0.25) is 0 Å². The van der Waals surface area contributed by atoms with Gasteiger partial charge in [0, 0.05) is 6.42 Å². The summed E-state index contributed by atoms with van der Waals surface area (Å²) in [6, 6.07) is 7.86. The zero-order valence-corrected chi connectivity index (χ0v) is 25.3. The number of nitrogens with zero attached hydrogens (tertiary/aromatic N) is 7. The molecule has 1 N–H and O–H groups in total. The summed E-state index contributed by atoms with van der Waals surface area (Å²) < 4.78 is 48.8. The van der Waals surface area contributed by atoms with Gasteiger partial charge in [-0.2, -0.15) is 18.4 Å². The van der Waals surface area contributed by atoms with Crippen molar-refractivity contribution < 1.29 is 22.7 Å². The van der Waals surface area contributed by atoms with E-state index in [1.165, 1.54) is 10.6 Å². The van der Waals surface area contributed by atoms with Gasteiger partial charge < -0.3 is 9.72 Å². The number of benzene rings is 1. The van der Waals surface area contributed by atoms with E-state index in [1.807, 2.05) is 6.92 Å². The number of ether oxygens (including phenoxy) is 1. The van der Waals surface area contributed by atoms with E-state index in [0.717, 1.165) is 23.5 Å². The molecular formula is C30H27F3N8O3S. The van der Waals surface area contributed by atoms with Crippen LogP contribution in [0.15, 0.2) is 35.1 Å². The van der Waals surface area contributed by atoms with E-state index in [0.29, 0.717) is 48.5 Å². The maximum Gasteiger partial charge on any atom is 0.417 e. The van der Waals surface area contributed by atoms with Crippen molar-refractivity contribution >= 4 is 40.3 Å². The molecule has 1 saturated heterocycles. The molecule has 1 aliphatic heterocycles. The minimum Gasteiger partial charge on any atom is -0.491 e. The van der Waals surface area contributed by atoms with Crippen LogP contribution in [0.1, 0.15) is 62.2 Å². The van der Waals surface area contributed by atoms with Gasteiger partial charge in [-0.25, -0.2) is 14.5 Å². The molecule has 1 spiro atoms. The number of aromatic amines is 1. The standard InChI is InChI=1S/C30H27F3N8O3S/c1-4-7-22-35-16(3)24-26(42)37-25(38-41(22)24)23-20(44-5-2)10-11-21(36-23)40-28(45)39(27(43)29(40)12-6-13-29)18-9-8-17(15-34)19(14-18)30(31,32)33/h8-11,14H,4-7,12-13H2,1-3H3,(H,37,38,42). The second-order valence-corrected chi connectivity index (χ2v) is 11.2. The fourth-order valence-corrected chi connectivity index (χ4v) is 6.36. The Labute approximate surface area is 260 Å². The smallest absolute Gasteiger partial charge is 0.417 e. The highest BCUT2D eigenvalue weighted by molar-refractivity contribution is 7.81. The molecule has 1 saturated carbocycles. The van der Waals surface area contributed by atoms with Gasteiger partial charge in [0.1, 0.15) is 22.9 Å². The van der Waals surface area contributed by atoms with Crippen LogP contribution in [0.4, 0.5) is 24.7 Å². The van der Waals surface area contributed by atoms with Crippen molar-refractivity contribution in [3.05, 3.63) is 63.3 Å². The molecule has 1 amide bonds. The minimum absolute atomic E-state index is 0.0625. The van der Waals surface area contributed by atoms with Crippen LogP contribution in [-0.2, 0) is 17.4 Å². The molecule has 2 fully saturated rings. The molecule has 1 aromatic carbocycles. The Morgan fingerprint density at radius 2 is 1.91 bits per heavy atom. The van der Waals surface area contributed by atoms with Crippen molar-refractivity contribution in [1.29, 1.82) is 5.26 Å². The number of alkyl halides is 3. The first kappa shape index (κ1) is 30.2. The second-order valence-electron chi connectivity index (χ2n) is 10.9. The van der Waals surface area contributed by atoms with Crippen LogP contribution in [-0.4, -0.2) is 47.7 Å². The number of fused-ring (bicyclic) bond motifs is 1. The van der Waals surface area contributed by atoms with Crippen LogP contribution < -0.4 is 20.1 Å². The van der Waals surface area contributed by atoms with Crippen molar-refractivity contribution in [2.75, 3.05) is 16.4 Å². The summed E-state index contributed by atoms with van der Waals surface area (Å²) in [4.78, 5) is 41.9. The number of nitriles is 1. The molecule has 6 rings (SSSR count). The molecular weight excluding hydrogens is 609 g/mol. The molecule has 0 bridgehead atoms. The van der Waals surface area contributed by atoms with Gasteiger partial charge >= 0.3 is 6.18 Å². The number of imidazole rings is 1. The number of hydrogen-bond acceptors (Lipinski definition) is 8. The lowest BCUT2D eigenvalue weighted by Gasteiger charge is -2.42. The van der Waals surface area contributed by atoms with Gasteiger partial charge in [-0.05, 0) is 82.1 Å². The molecule has 3 aromatic heterocycles. The molecule has 4 aromatic rings. The quantitative estimate of drug-likeness (QED) is 0.276. The van der Waals surface area contributed by atoms with Crippen LogP contribution in [0.5, 0.6) is 5.75 Å². The van der Waals surface area contributed by atoms with Gasteiger partial charge in [0.05, 0.1) is 35.2 Å².